The number of carbonyl (C=O) groups excluding carboxylic acids is 1. The van der Waals surface area contributed by atoms with E-state index in [-0.39, 0.29) is 29.6 Å². The van der Waals surface area contributed by atoms with Gasteiger partial charge in [-0.3, -0.25) is 4.79 Å². The van der Waals surface area contributed by atoms with Crippen molar-refractivity contribution in [1.82, 2.24) is 0 Å². The zero-order valence-corrected chi connectivity index (χ0v) is 13.4. The summed E-state index contributed by atoms with van der Waals surface area (Å²) in [6, 6.07) is 7.32. The van der Waals surface area contributed by atoms with E-state index in [1.807, 2.05) is 31.2 Å². The lowest BCUT2D eigenvalue weighted by Crippen LogP contribution is -2.30. The zero-order valence-electron chi connectivity index (χ0n) is 12.6. The highest BCUT2D eigenvalue weighted by molar-refractivity contribution is 5.92. The van der Waals surface area contributed by atoms with Crippen LogP contribution in [0.1, 0.15) is 27.7 Å². The molecule has 0 aliphatic rings. The number of nitrogens with two attached hydrogens (primary N) is 1. The van der Waals surface area contributed by atoms with Crippen LogP contribution < -0.4 is 15.8 Å². The van der Waals surface area contributed by atoms with Crippen LogP contribution in [-0.4, -0.2) is 19.1 Å². The SMILES string of the molecule is CC(C(=O)Nc1ccc(OCCN)cc1)C(C)(C)C.Cl. The number of amides is 1. The van der Waals surface area contributed by atoms with Gasteiger partial charge in [-0.25, -0.2) is 0 Å². The van der Waals surface area contributed by atoms with E-state index >= 15 is 0 Å². The van der Waals surface area contributed by atoms with E-state index in [4.69, 9.17) is 10.5 Å². The van der Waals surface area contributed by atoms with Crippen LogP contribution in [0.25, 0.3) is 0 Å². The molecular weight excluding hydrogens is 276 g/mol. The maximum absolute atomic E-state index is 12.1. The Balaban J connectivity index is 0.00000361. The molecule has 114 valence electrons. The molecule has 1 aromatic rings. The predicted molar refractivity (Wildman–Crippen MR) is 85.5 cm³/mol. The summed E-state index contributed by atoms with van der Waals surface area (Å²) in [7, 11) is 0. The monoisotopic (exact) mass is 300 g/mol. The minimum Gasteiger partial charge on any atom is -0.492 e. The summed E-state index contributed by atoms with van der Waals surface area (Å²) >= 11 is 0. The third-order valence-corrected chi connectivity index (χ3v) is 3.20. The van der Waals surface area contributed by atoms with Gasteiger partial charge in [0.25, 0.3) is 0 Å². The van der Waals surface area contributed by atoms with Crippen molar-refractivity contribution in [3.05, 3.63) is 24.3 Å². The third-order valence-electron chi connectivity index (χ3n) is 3.20. The molecule has 0 aliphatic carbocycles. The van der Waals surface area contributed by atoms with Crippen molar-refractivity contribution in [2.75, 3.05) is 18.5 Å². The average molecular weight is 301 g/mol. The van der Waals surface area contributed by atoms with Crippen molar-refractivity contribution in [1.29, 1.82) is 0 Å². The van der Waals surface area contributed by atoms with Crippen LogP contribution in [0.5, 0.6) is 5.75 Å². The minimum absolute atomic E-state index is 0. The smallest absolute Gasteiger partial charge is 0.227 e. The first-order valence-corrected chi connectivity index (χ1v) is 6.58. The van der Waals surface area contributed by atoms with Gasteiger partial charge in [0.15, 0.2) is 0 Å². The van der Waals surface area contributed by atoms with E-state index in [0.29, 0.717) is 13.2 Å². The fraction of sp³-hybridized carbons (Fsp3) is 0.533. The minimum atomic E-state index is -0.0549. The second-order valence-corrected chi connectivity index (χ2v) is 5.74. The first kappa shape index (κ1) is 18.7. The molecule has 4 nitrogen and oxygen atoms in total. The highest BCUT2D eigenvalue weighted by Crippen LogP contribution is 2.26. The fourth-order valence-corrected chi connectivity index (χ4v) is 1.46. The van der Waals surface area contributed by atoms with Crippen molar-refractivity contribution in [3.8, 4) is 5.75 Å². The highest BCUT2D eigenvalue weighted by atomic mass is 35.5. The summed E-state index contributed by atoms with van der Waals surface area (Å²) in [6.07, 6.45) is 0. The molecule has 0 radical (unpaired) electrons. The van der Waals surface area contributed by atoms with Gasteiger partial charge in [0.05, 0.1) is 0 Å². The van der Waals surface area contributed by atoms with Gasteiger partial charge in [-0.1, -0.05) is 27.7 Å². The summed E-state index contributed by atoms with van der Waals surface area (Å²) in [6.45, 7) is 9.09. The molecule has 1 unspecified atom stereocenters. The van der Waals surface area contributed by atoms with Crippen LogP contribution in [-0.2, 0) is 4.79 Å². The van der Waals surface area contributed by atoms with Crippen LogP contribution in [0.3, 0.4) is 0 Å². The van der Waals surface area contributed by atoms with Gasteiger partial charge in [-0.05, 0) is 29.7 Å². The Morgan fingerprint density at radius 2 is 1.85 bits per heavy atom. The molecule has 5 heteroatoms. The van der Waals surface area contributed by atoms with Gasteiger partial charge in [-0.2, -0.15) is 0 Å². The van der Waals surface area contributed by atoms with Crippen molar-refractivity contribution in [2.45, 2.75) is 27.7 Å². The van der Waals surface area contributed by atoms with Crippen LogP contribution in [0.2, 0.25) is 0 Å². The topological polar surface area (TPSA) is 64.3 Å². The largest absolute Gasteiger partial charge is 0.492 e. The molecule has 1 amide bonds. The van der Waals surface area contributed by atoms with Crippen LogP contribution >= 0.6 is 12.4 Å². The van der Waals surface area contributed by atoms with Crippen LogP contribution in [0, 0.1) is 11.3 Å². The third kappa shape index (κ3) is 5.80. The van der Waals surface area contributed by atoms with Gasteiger partial charge >= 0.3 is 0 Å². The molecule has 0 bridgehead atoms. The molecule has 0 fully saturated rings. The van der Waals surface area contributed by atoms with Crippen molar-refractivity contribution in [2.24, 2.45) is 17.1 Å². The number of benzene rings is 1. The second-order valence-electron chi connectivity index (χ2n) is 5.74. The number of anilines is 1. The normalized spacial score (nSPS) is 12.2. The zero-order chi connectivity index (χ0) is 14.5. The number of hydrogen-bond acceptors (Lipinski definition) is 3. The maximum Gasteiger partial charge on any atom is 0.227 e. The van der Waals surface area contributed by atoms with E-state index < -0.39 is 0 Å². The molecular formula is C15H25ClN2O2. The number of nitrogens with one attached hydrogen (secondary N) is 1. The number of ether oxygens (including phenoxy) is 1. The quantitative estimate of drug-likeness (QED) is 0.878. The number of halogens is 1. The van der Waals surface area contributed by atoms with Gasteiger partial charge < -0.3 is 15.8 Å². The van der Waals surface area contributed by atoms with Crippen molar-refractivity contribution < 1.29 is 9.53 Å². The van der Waals surface area contributed by atoms with Gasteiger partial charge in [0.2, 0.25) is 5.91 Å². The Bertz CT molecular complexity index is 413. The molecule has 0 aromatic heterocycles. The van der Waals surface area contributed by atoms with E-state index in [1.54, 1.807) is 0 Å². The molecule has 0 heterocycles. The molecule has 0 saturated heterocycles. The predicted octanol–water partition coefficient (Wildman–Crippen LogP) is 3.07. The average Bonchev–Trinajstić information content (AvgIpc) is 2.36. The summed E-state index contributed by atoms with van der Waals surface area (Å²) in [5.41, 5.74) is 6.10. The lowest BCUT2D eigenvalue weighted by molar-refractivity contribution is -0.122. The van der Waals surface area contributed by atoms with Crippen LogP contribution in [0.4, 0.5) is 5.69 Å². The molecule has 0 spiro atoms. The molecule has 1 atom stereocenters. The number of carbonyl (C=O) groups is 1. The summed E-state index contributed by atoms with van der Waals surface area (Å²) in [5, 5.41) is 2.91. The Hall–Kier alpha value is -1.26. The Kier molecular flexibility index (Phi) is 7.61. The Morgan fingerprint density at radius 1 is 1.30 bits per heavy atom. The standard InChI is InChI=1S/C15H24N2O2.ClH/c1-11(15(2,3)4)14(18)17-12-5-7-13(8-6-12)19-10-9-16;/h5-8,11H,9-10,16H2,1-4H3,(H,17,18);1H. The van der Waals surface area contributed by atoms with Gasteiger partial charge in [-0.15, -0.1) is 12.4 Å². The lowest BCUT2D eigenvalue weighted by Gasteiger charge is -2.26. The summed E-state index contributed by atoms with van der Waals surface area (Å²) in [5.74, 6) is 0.733. The van der Waals surface area contributed by atoms with Crippen LogP contribution in [0.15, 0.2) is 24.3 Å². The Morgan fingerprint density at radius 3 is 2.30 bits per heavy atom. The molecule has 0 saturated carbocycles. The fourth-order valence-electron chi connectivity index (χ4n) is 1.46. The maximum atomic E-state index is 12.1. The van der Waals surface area contributed by atoms with Gasteiger partial charge in [0, 0.05) is 18.2 Å². The van der Waals surface area contributed by atoms with E-state index in [0.717, 1.165) is 11.4 Å². The van der Waals surface area contributed by atoms with E-state index in [2.05, 4.69) is 26.1 Å². The second kappa shape index (κ2) is 8.12. The molecule has 0 aliphatic heterocycles. The summed E-state index contributed by atoms with van der Waals surface area (Å²) < 4.78 is 5.38. The number of hydrogen-bond donors (Lipinski definition) is 2. The molecule has 1 rings (SSSR count). The molecule has 1 aromatic carbocycles. The first-order chi connectivity index (χ1) is 8.84. The van der Waals surface area contributed by atoms with Crippen molar-refractivity contribution >= 4 is 24.0 Å². The Labute approximate surface area is 127 Å². The first-order valence-electron chi connectivity index (χ1n) is 6.58. The van der Waals surface area contributed by atoms with E-state index in [9.17, 15) is 4.79 Å². The number of rotatable bonds is 5. The summed E-state index contributed by atoms with van der Waals surface area (Å²) in [4.78, 5) is 12.1. The lowest BCUT2D eigenvalue weighted by atomic mass is 9.81. The highest BCUT2D eigenvalue weighted by Gasteiger charge is 2.26. The molecule has 3 N–H and O–H groups in total. The molecule has 20 heavy (non-hydrogen) atoms. The van der Waals surface area contributed by atoms with Gasteiger partial charge in [0.1, 0.15) is 12.4 Å². The van der Waals surface area contributed by atoms with Crippen molar-refractivity contribution in [3.63, 3.8) is 0 Å². The van der Waals surface area contributed by atoms with E-state index in [1.165, 1.54) is 0 Å².